The van der Waals surface area contributed by atoms with E-state index in [-0.39, 0.29) is 0 Å². The molecule has 0 aromatic carbocycles. The minimum atomic E-state index is 0.754. The van der Waals surface area contributed by atoms with Crippen molar-refractivity contribution in [1.82, 2.24) is 0 Å². The molecule has 0 aliphatic heterocycles. The third-order valence-electron chi connectivity index (χ3n) is 3.94. The third-order valence-corrected chi connectivity index (χ3v) is 3.94. The summed E-state index contributed by atoms with van der Waals surface area (Å²) in [5.74, 6) is 3.07. The molecule has 0 radical (unpaired) electrons. The topological polar surface area (TPSA) is 0 Å². The lowest BCUT2D eigenvalue weighted by Crippen LogP contribution is -2.39. The van der Waals surface area contributed by atoms with E-state index in [0.29, 0.717) is 0 Å². The molecule has 3 fully saturated rings. The van der Waals surface area contributed by atoms with Gasteiger partial charge in [-0.1, -0.05) is 20.8 Å². The van der Waals surface area contributed by atoms with Crippen molar-refractivity contribution in [3.8, 4) is 0 Å². The number of fused-ring (bicyclic) bond motifs is 4. The van der Waals surface area contributed by atoms with Crippen LogP contribution in [0, 0.1) is 23.2 Å². The smallest absolute Gasteiger partial charge is 0.0318 e. The van der Waals surface area contributed by atoms with E-state index in [1.54, 1.807) is 0 Å². The Balaban J connectivity index is 2.01. The maximum atomic E-state index is 2.50. The zero-order chi connectivity index (χ0) is 8.77. The summed E-state index contributed by atoms with van der Waals surface area (Å²) in [5.41, 5.74) is 0.754. The summed E-state index contributed by atoms with van der Waals surface area (Å²) >= 11 is 0. The van der Waals surface area contributed by atoms with Gasteiger partial charge in [0.25, 0.3) is 0 Å². The summed E-state index contributed by atoms with van der Waals surface area (Å²) in [5, 5.41) is 0. The van der Waals surface area contributed by atoms with Crippen LogP contribution in [0.5, 0.6) is 0 Å². The Morgan fingerprint density at radius 3 is 2.25 bits per heavy atom. The summed E-state index contributed by atoms with van der Waals surface area (Å²) in [6.45, 7) is 7.38. The maximum absolute atomic E-state index is 2.50. The standard InChI is InChI=1S/C12H22/c1-9-4-10(2)6-12(3)7-11(5-9)8-12/h9-11H,4-8H2,1-3H3. The molecule has 0 N–H and O–H groups in total. The van der Waals surface area contributed by atoms with Gasteiger partial charge in [-0.2, -0.15) is 0 Å². The van der Waals surface area contributed by atoms with Crippen LogP contribution in [0.2, 0.25) is 0 Å². The molecule has 3 aliphatic rings. The van der Waals surface area contributed by atoms with Crippen LogP contribution in [-0.4, -0.2) is 0 Å². The van der Waals surface area contributed by atoms with Crippen LogP contribution in [0.1, 0.15) is 52.9 Å². The van der Waals surface area contributed by atoms with Crippen molar-refractivity contribution in [2.24, 2.45) is 23.2 Å². The fourth-order valence-corrected chi connectivity index (χ4v) is 3.94. The maximum Gasteiger partial charge on any atom is -0.0318 e. The number of rotatable bonds is 0. The van der Waals surface area contributed by atoms with E-state index in [1.807, 2.05) is 0 Å². The number of hydrogen-bond donors (Lipinski definition) is 0. The minimum Gasteiger partial charge on any atom is -0.0625 e. The fourth-order valence-electron chi connectivity index (χ4n) is 3.94. The first-order valence-electron chi connectivity index (χ1n) is 5.57. The Kier molecular flexibility index (Phi) is 1.97. The summed E-state index contributed by atoms with van der Waals surface area (Å²) in [6.07, 6.45) is 7.54. The number of hydrogen-bond acceptors (Lipinski definition) is 0. The molecule has 0 aromatic rings. The average molecular weight is 166 g/mol. The Morgan fingerprint density at radius 2 is 1.58 bits per heavy atom. The highest BCUT2D eigenvalue weighted by Crippen LogP contribution is 2.54. The molecule has 2 unspecified atom stereocenters. The first-order valence-corrected chi connectivity index (χ1v) is 5.57. The van der Waals surface area contributed by atoms with Crippen molar-refractivity contribution in [2.45, 2.75) is 52.9 Å². The molecule has 0 heteroatoms. The Bertz CT molecular complexity index is 157. The van der Waals surface area contributed by atoms with Crippen LogP contribution < -0.4 is 0 Å². The Morgan fingerprint density at radius 1 is 0.917 bits per heavy atom. The minimum absolute atomic E-state index is 0.754. The van der Waals surface area contributed by atoms with E-state index >= 15 is 0 Å². The van der Waals surface area contributed by atoms with Gasteiger partial charge in [0, 0.05) is 0 Å². The van der Waals surface area contributed by atoms with E-state index in [0.717, 1.165) is 23.2 Å². The van der Waals surface area contributed by atoms with Crippen LogP contribution in [-0.2, 0) is 0 Å². The SMILES string of the molecule is CC1CC(C)CC2(C)CC(C1)C2. The summed E-state index contributed by atoms with van der Waals surface area (Å²) < 4.78 is 0. The summed E-state index contributed by atoms with van der Waals surface area (Å²) in [7, 11) is 0. The third kappa shape index (κ3) is 1.53. The average Bonchev–Trinajstić information content (AvgIpc) is 1.79. The van der Waals surface area contributed by atoms with Crippen molar-refractivity contribution in [3.63, 3.8) is 0 Å². The first-order chi connectivity index (χ1) is 5.57. The van der Waals surface area contributed by atoms with Crippen LogP contribution >= 0.6 is 0 Å². The molecule has 0 aromatic heterocycles. The van der Waals surface area contributed by atoms with E-state index in [2.05, 4.69) is 20.8 Å². The van der Waals surface area contributed by atoms with Gasteiger partial charge in [-0.3, -0.25) is 0 Å². The highest BCUT2D eigenvalue weighted by molar-refractivity contribution is 4.93. The molecule has 0 amide bonds. The van der Waals surface area contributed by atoms with Gasteiger partial charge >= 0.3 is 0 Å². The second-order valence-corrected chi connectivity index (χ2v) is 5.97. The van der Waals surface area contributed by atoms with Crippen LogP contribution in [0.4, 0.5) is 0 Å². The van der Waals surface area contributed by atoms with Crippen molar-refractivity contribution in [1.29, 1.82) is 0 Å². The Labute approximate surface area is 76.7 Å². The largest absolute Gasteiger partial charge is 0.0625 e. The summed E-state index contributed by atoms with van der Waals surface area (Å²) in [4.78, 5) is 0. The quantitative estimate of drug-likeness (QED) is 0.512. The molecule has 3 saturated carbocycles. The van der Waals surface area contributed by atoms with Crippen molar-refractivity contribution >= 4 is 0 Å². The molecule has 0 saturated heterocycles. The second kappa shape index (κ2) is 2.75. The zero-order valence-corrected chi connectivity index (χ0v) is 8.77. The van der Waals surface area contributed by atoms with Crippen LogP contribution in [0.3, 0.4) is 0 Å². The molecule has 3 rings (SSSR count). The normalized spacial score (nSPS) is 53.8. The highest BCUT2D eigenvalue weighted by atomic mass is 14.5. The molecule has 0 heterocycles. The van der Waals surface area contributed by atoms with Gasteiger partial charge in [0.1, 0.15) is 0 Å². The molecule has 2 atom stereocenters. The molecule has 2 bridgehead atoms. The van der Waals surface area contributed by atoms with E-state index in [4.69, 9.17) is 0 Å². The van der Waals surface area contributed by atoms with Gasteiger partial charge in [0.05, 0.1) is 0 Å². The molecular weight excluding hydrogens is 144 g/mol. The van der Waals surface area contributed by atoms with Gasteiger partial charge in [-0.15, -0.1) is 0 Å². The van der Waals surface area contributed by atoms with Crippen molar-refractivity contribution < 1.29 is 0 Å². The van der Waals surface area contributed by atoms with Gasteiger partial charge in [0.2, 0.25) is 0 Å². The predicted octanol–water partition coefficient (Wildman–Crippen LogP) is 3.86. The van der Waals surface area contributed by atoms with E-state index < -0.39 is 0 Å². The van der Waals surface area contributed by atoms with E-state index in [1.165, 1.54) is 32.1 Å². The lowest BCUT2D eigenvalue weighted by atomic mass is 9.55. The zero-order valence-electron chi connectivity index (χ0n) is 8.77. The van der Waals surface area contributed by atoms with Crippen molar-refractivity contribution in [2.75, 3.05) is 0 Å². The lowest BCUT2D eigenvalue weighted by molar-refractivity contribution is 0.0104. The monoisotopic (exact) mass is 166 g/mol. The second-order valence-electron chi connectivity index (χ2n) is 5.97. The molecule has 70 valence electrons. The molecule has 3 aliphatic carbocycles. The van der Waals surface area contributed by atoms with Gasteiger partial charge in [-0.05, 0) is 55.3 Å². The highest BCUT2D eigenvalue weighted by Gasteiger charge is 2.42. The van der Waals surface area contributed by atoms with Gasteiger partial charge in [0.15, 0.2) is 0 Å². The summed E-state index contributed by atoms with van der Waals surface area (Å²) in [6, 6.07) is 0. The molecule has 12 heavy (non-hydrogen) atoms. The molecule has 0 nitrogen and oxygen atoms in total. The predicted molar refractivity (Wildman–Crippen MR) is 53.0 cm³/mol. The van der Waals surface area contributed by atoms with Crippen LogP contribution in [0.15, 0.2) is 0 Å². The fraction of sp³-hybridized carbons (Fsp3) is 1.00. The van der Waals surface area contributed by atoms with Crippen molar-refractivity contribution in [3.05, 3.63) is 0 Å². The van der Waals surface area contributed by atoms with Gasteiger partial charge in [-0.25, -0.2) is 0 Å². The molecular formula is C12H22. The van der Waals surface area contributed by atoms with Gasteiger partial charge < -0.3 is 0 Å². The van der Waals surface area contributed by atoms with Crippen LogP contribution in [0.25, 0.3) is 0 Å². The molecule has 0 spiro atoms. The lowest BCUT2D eigenvalue weighted by Gasteiger charge is -2.50. The van der Waals surface area contributed by atoms with E-state index in [9.17, 15) is 0 Å². The Hall–Kier alpha value is 0. The first kappa shape index (κ1) is 8.59.